The normalized spacial score (nSPS) is 10.6. The highest BCUT2D eigenvalue weighted by Gasteiger charge is 2.07. The standard InChI is InChI=1S/C10H7FN2O3/c11-6-1-2-8-7(3-6)9(14)4-12-13(8)5-10(15)16/h1-4H,5H2,(H,15,16). The van der Waals surface area contributed by atoms with Gasteiger partial charge in [0, 0.05) is 0 Å². The summed E-state index contributed by atoms with van der Waals surface area (Å²) in [6.45, 7) is -0.373. The Morgan fingerprint density at radius 3 is 2.94 bits per heavy atom. The molecule has 6 heteroatoms. The molecular formula is C10H7FN2O3. The van der Waals surface area contributed by atoms with Crippen molar-refractivity contribution in [2.24, 2.45) is 0 Å². The van der Waals surface area contributed by atoms with Crippen LogP contribution in [0.15, 0.2) is 29.2 Å². The Morgan fingerprint density at radius 1 is 1.50 bits per heavy atom. The third-order valence-electron chi connectivity index (χ3n) is 2.10. The van der Waals surface area contributed by atoms with Crippen molar-refractivity contribution in [3.8, 4) is 0 Å². The van der Waals surface area contributed by atoms with E-state index in [-0.39, 0.29) is 11.9 Å². The van der Waals surface area contributed by atoms with Gasteiger partial charge in [0.1, 0.15) is 12.4 Å². The molecule has 0 amide bonds. The van der Waals surface area contributed by atoms with Crippen LogP contribution in [0.25, 0.3) is 10.9 Å². The maximum absolute atomic E-state index is 12.9. The number of carboxylic acid groups (broad SMARTS) is 1. The number of fused-ring (bicyclic) bond motifs is 1. The predicted molar refractivity (Wildman–Crippen MR) is 53.6 cm³/mol. The molecule has 2 aromatic rings. The van der Waals surface area contributed by atoms with E-state index in [1.807, 2.05) is 0 Å². The summed E-state index contributed by atoms with van der Waals surface area (Å²) in [5, 5.41) is 12.4. The first-order chi connectivity index (χ1) is 7.58. The molecule has 0 saturated heterocycles. The van der Waals surface area contributed by atoms with E-state index in [0.29, 0.717) is 5.52 Å². The minimum Gasteiger partial charge on any atom is -0.480 e. The van der Waals surface area contributed by atoms with Crippen molar-refractivity contribution in [2.45, 2.75) is 6.54 Å². The molecule has 0 spiro atoms. The molecule has 0 saturated carbocycles. The largest absolute Gasteiger partial charge is 0.480 e. The molecule has 1 aromatic heterocycles. The maximum atomic E-state index is 12.9. The predicted octanol–water partition coefficient (Wildman–Crippen LogP) is 0.620. The van der Waals surface area contributed by atoms with Gasteiger partial charge in [-0.25, -0.2) is 4.39 Å². The van der Waals surface area contributed by atoms with E-state index in [1.54, 1.807) is 0 Å². The summed E-state index contributed by atoms with van der Waals surface area (Å²) < 4.78 is 14.1. The zero-order valence-electron chi connectivity index (χ0n) is 8.05. The molecule has 2 rings (SSSR count). The smallest absolute Gasteiger partial charge is 0.325 e. The molecule has 82 valence electrons. The van der Waals surface area contributed by atoms with Crippen LogP contribution < -0.4 is 5.43 Å². The summed E-state index contributed by atoms with van der Waals surface area (Å²) in [5.74, 6) is -1.63. The third kappa shape index (κ3) is 1.77. The molecule has 0 unspecified atom stereocenters. The molecular weight excluding hydrogens is 215 g/mol. The summed E-state index contributed by atoms with van der Waals surface area (Å²) in [6.07, 6.45) is 0.977. The first-order valence-electron chi connectivity index (χ1n) is 4.45. The van der Waals surface area contributed by atoms with Crippen molar-refractivity contribution in [1.29, 1.82) is 0 Å². The van der Waals surface area contributed by atoms with E-state index < -0.39 is 17.2 Å². The van der Waals surface area contributed by atoms with Crippen LogP contribution >= 0.6 is 0 Å². The van der Waals surface area contributed by atoms with E-state index >= 15 is 0 Å². The van der Waals surface area contributed by atoms with Gasteiger partial charge in [-0.2, -0.15) is 5.10 Å². The van der Waals surface area contributed by atoms with Gasteiger partial charge in [0.15, 0.2) is 0 Å². The fraction of sp³-hybridized carbons (Fsp3) is 0.100. The number of aromatic nitrogens is 2. The molecule has 0 bridgehead atoms. The fourth-order valence-electron chi connectivity index (χ4n) is 1.44. The summed E-state index contributed by atoms with van der Waals surface area (Å²) in [6, 6.07) is 3.56. The Labute approximate surface area is 88.7 Å². The number of hydrogen-bond donors (Lipinski definition) is 1. The Morgan fingerprint density at radius 2 is 2.25 bits per heavy atom. The van der Waals surface area contributed by atoms with E-state index in [2.05, 4.69) is 5.10 Å². The van der Waals surface area contributed by atoms with Gasteiger partial charge in [-0.1, -0.05) is 0 Å². The number of carbonyl (C=O) groups is 1. The van der Waals surface area contributed by atoms with Crippen LogP contribution in [0.3, 0.4) is 0 Å². The third-order valence-corrected chi connectivity index (χ3v) is 2.10. The quantitative estimate of drug-likeness (QED) is 0.808. The van der Waals surface area contributed by atoms with Gasteiger partial charge in [-0.05, 0) is 18.2 Å². The monoisotopic (exact) mass is 222 g/mol. The molecule has 5 nitrogen and oxygen atoms in total. The summed E-state index contributed by atoms with van der Waals surface area (Å²) in [4.78, 5) is 21.9. The van der Waals surface area contributed by atoms with Gasteiger partial charge in [0.05, 0.1) is 17.1 Å². The minimum absolute atomic E-state index is 0.122. The first-order valence-corrected chi connectivity index (χ1v) is 4.45. The highest BCUT2D eigenvalue weighted by Crippen LogP contribution is 2.10. The van der Waals surface area contributed by atoms with E-state index in [9.17, 15) is 14.0 Å². The van der Waals surface area contributed by atoms with Gasteiger partial charge < -0.3 is 5.11 Å². The van der Waals surface area contributed by atoms with Gasteiger partial charge >= 0.3 is 5.97 Å². The number of rotatable bonds is 2. The summed E-state index contributed by atoms with van der Waals surface area (Å²) in [5.41, 5.74) is -0.132. The number of benzene rings is 1. The fourth-order valence-corrected chi connectivity index (χ4v) is 1.44. The second-order valence-corrected chi connectivity index (χ2v) is 3.22. The number of hydrogen-bond acceptors (Lipinski definition) is 3. The van der Waals surface area contributed by atoms with Crippen molar-refractivity contribution >= 4 is 16.9 Å². The van der Waals surface area contributed by atoms with E-state index in [0.717, 1.165) is 23.0 Å². The van der Waals surface area contributed by atoms with Crippen LogP contribution in [0, 0.1) is 5.82 Å². The van der Waals surface area contributed by atoms with Crippen LogP contribution in [-0.2, 0) is 11.3 Å². The molecule has 1 N–H and O–H groups in total. The Hall–Kier alpha value is -2.24. The van der Waals surface area contributed by atoms with Crippen LogP contribution in [0.5, 0.6) is 0 Å². The number of aliphatic carboxylic acids is 1. The molecule has 0 radical (unpaired) electrons. The number of carboxylic acids is 1. The van der Waals surface area contributed by atoms with Crippen molar-refractivity contribution < 1.29 is 14.3 Å². The SMILES string of the molecule is O=C(O)Cn1ncc(=O)c2cc(F)ccc21. The van der Waals surface area contributed by atoms with Crippen LogP contribution in [-0.4, -0.2) is 20.9 Å². The summed E-state index contributed by atoms with van der Waals surface area (Å²) in [7, 11) is 0. The lowest BCUT2D eigenvalue weighted by atomic mass is 10.2. The minimum atomic E-state index is -1.08. The van der Waals surface area contributed by atoms with Crippen molar-refractivity contribution in [3.05, 3.63) is 40.4 Å². The highest BCUT2D eigenvalue weighted by molar-refractivity contribution is 5.79. The van der Waals surface area contributed by atoms with Gasteiger partial charge in [0.2, 0.25) is 5.43 Å². The van der Waals surface area contributed by atoms with Crippen molar-refractivity contribution in [1.82, 2.24) is 9.78 Å². The molecule has 0 aliphatic carbocycles. The Balaban J connectivity index is 2.74. The topological polar surface area (TPSA) is 72.2 Å². The average molecular weight is 222 g/mol. The maximum Gasteiger partial charge on any atom is 0.325 e. The second kappa shape index (κ2) is 3.73. The molecule has 0 fully saturated rings. The highest BCUT2D eigenvalue weighted by atomic mass is 19.1. The number of nitrogens with zero attached hydrogens (tertiary/aromatic N) is 2. The lowest BCUT2D eigenvalue weighted by Gasteiger charge is -2.05. The zero-order chi connectivity index (χ0) is 11.7. The molecule has 0 aliphatic rings. The van der Waals surface area contributed by atoms with Crippen LogP contribution in [0.2, 0.25) is 0 Å². The van der Waals surface area contributed by atoms with Crippen molar-refractivity contribution in [2.75, 3.05) is 0 Å². The lowest BCUT2D eigenvalue weighted by molar-refractivity contribution is -0.137. The van der Waals surface area contributed by atoms with Gasteiger partial charge in [-0.15, -0.1) is 0 Å². The van der Waals surface area contributed by atoms with Crippen molar-refractivity contribution in [3.63, 3.8) is 0 Å². The first kappa shape index (κ1) is 10.3. The molecule has 1 heterocycles. The molecule has 1 aromatic carbocycles. The number of halogens is 1. The second-order valence-electron chi connectivity index (χ2n) is 3.22. The summed E-state index contributed by atoms with van der Waals surface area (Å²) >= 11 is 0. The average Bonchev–Trinajstić information content (AvgIpc) is 2.22. The molecule has 0 aliphatic heterocycles. The Kier molecular flexibility index (Phi) is 2.40. The van der Waals surface area contributed by atoms with Crippen LogP contribution in [0.1, 0.15) is 0 Å². The lowest BCUT2D eigenvalue weighted by Crippen LogP contribution is -2.17. The van der Waals surface area contributed by atoms with Gasteiger partial charge in [0.25, 0.3) is 0 Å². The van der Waals surface area contributed by atoms with E-state index in [1.165, 1.54) is 6.07 Å². The van der Waals surface area contributed by atoms with Gasteiger partial charge in [-0.3, -0.25) is 14.3 Å². The molecule has 0 atom stereocenters. The van der Waals surface area contributed by atoms with Crippen LogP contribution in [0.4, 0.5) is 4.39 Å². The van der Waals surface area contributed by atoms with E-state index in [4.69, 9.17) is 5.11 Å². The molecule has 16 heavy (non-hydrogen) atoms. The Bertz CT molecular complexity index is 621. The zero-order valence-corrected chi connectivity index (χ0v) is 8.05.